The van der Waals surface area contributed by atoms with Gasteiger partial charge in [-0.25, -0.2) is 4.52 Å². The lowest BCUT2D eigenvalue weighted by molar-refractivity contribution is 0.851. The molecule has 0 aliphatic carbocycles. The van der Waals surface area contributed by atoms with Crippen LogP contribution < -0.4 is 0 Å². The van der Waals surface area contributed by atoms with Crippen molar-refractivity contribution < 1.29 is 0 Å². The fourth-order valence-electron chi connectivity index (χ4n) is 3.50. The molecule has 0 aliphatic heterocycles. The zero-order chi connectivity index (χ0) is 17.2. The first kappa shape index (κ1) is 15.6. The average molecular weight is 358 g/mol. The van der Waals surface area contributed by atoms with Crippen molar-refractivity contribution in [3.8, 4) is 11.1 Å². The first-order chi connectivity index (χ1) is 11.4. The lowest BCUT2D eigenvalue weighted by Gasteiger charge is -2.01. The summed E-state index contributed by atoms with van der Waals surface area (Å²) in [4.78, 5) is 0. The largest absolute Gasteiger partial charge is 0.351 e. The molecule has 0 N–H and O–H groups in total. The van der Waals surface area contributed by atoms with Gasteiger partial charge >= 0.3 is 0 Å². The number of hydrogen-bond donors (Lipinski definition) is 0. The van der Waals surface area contributed by atoms with E-state index in [2.05, 4.69) is 38.5 Å². The number of rotatable bonds is 1. The monoisotopic (exact) mass is 357 g/mol. The van der Waals surface area contributed by atoms with E-state index >= 15 is 0 Å². The van der Waals surface area contributed by atoms with E-state index in [1.54, 1.807) is 6.07 Å². The topological polar surface area (TPSA) is 22.2 Å². The Bertz CT molecular complexity index is 1120. The molecular formula is C19H17Cl2N3. The first-order valence-corrected chi connectivity index (χ1v) is 8.54. The molecule has 24 heavy (non-hydrogen) atoms. The Morgan fingerprint density at radius 1 is 0.958 bits per heavy atom. The minimum absolute atomic E-state index is 0.672. The number of hydrogen-bond acceptors (Lipinski definition) is 1. The van der Waals surface area contributed by atoms with Crippen molar-refractivity contribution in [1.82, 2.24) is 14.2 Å². The van der Waals surface area contributed by atoms with Crippen LogP contribution in [0.4, 0.5) is 0 Å². The van der Waals surface area contributed by atoms with Crippen molar-refractivity contribution in [3.05, 3.63) is 57.6 Å². The summed E-state index contributed by atoms with van der Waals surface area (Å²) in [6.45, 7) is 6.34. The van der Waals surface area contributed by atoms with Crippen molar-refractivity contribution in [2.45, 2.75) is 20.8 Å². The van der Waals surface area contributed by atoms with Gasteiger partial charge in [0.15, 0.2) is 0 Å². The molecule has 0 saturated carbocycles. The number of benzene rings is 1. The first-order valence-electron chi connectivity index (χ1n) is 7.78. The molecule has 3 nitrogen and oxygen atoms in total. The summed E-state index contributed by atoms with van der Waals surface area (Å²) >= 11 is 12.5. The van der Waals surface area contributed by atoms with Crippen molar-refractivity contribution in [1.29, 1.82) is 0 Å². The summed E-state index contributed by atoms with van der Waals surface area (Å²) < 4.78 is 4.16. The van der Waals surface area contributed by atoms with Crippen LogP contribution in [0.5, 0.6) is 0 Å². The number of aryl methyl sites for hydroxylation is 3. The maximum absolute atomic E-state index is 6.38. The third-order valence-corrected chi connectivity index (χ3v) is 5.46. The van der Waals surface area contributed by atoms with Crippen LogP contribution in [0.25, 0.3) is 27.4 Å². The Morgan fingerprint density at radius 3 is 2.42 bits per heavy atom. The van der Waals surface area contributed by atoms with Crippen molar-refractivity contribution in [2.75, 3.05) is 0 Å². The van der Waals surface area contributed by atoms with Crippen LogP contribution in [0.3, 0.4) is 0 Å². The molecule has 0 bridgehead atoms. The highest BCUT2D eigenvalue weighted by atomic mass is 35.5. The summed E-state index contributed by atoms with van der Waals surface area (Å²) in [5, 5.41) is 8.57. The van der Waals surface area contributed by atoms with Crippen LogP contribution in [0, 0.1) is 20.8 Å². The van der Waals surface area contributed by atoms with Crippen LogP contribution >= 0.6 is 23.2 Å². The summed E-state index contributed by atoms with van der Waals surface area (Å²) in [6, 6.07) is 7.66. The zero-order valence-corrected chi connectivity index (χ0v) is 15.5. The quantitative estimate of drug-likeness (QED) is 0.426. The zero-order valence-electron chi connectivity index (χ0n) is 14.0. The van der Waals surface area contributed by atoms with Crippen molar-refractivity contribution >= 4 is 39.5 Å². The smallest absolute Gasteiger partial charge is 0.0749 e. The summed E-state index contributed by atoms with van der Waals surface area (Å²) in [5.74, 6) is 0. The van der Waals surface area contributed by atoms with E-state index in [0.717, 1.165) is 22.3 Å². The molecule has 3 heterocycles. The predicted octanol–water partition coefficient (Wildman–Crippen LogP) is 5.73. The van der Waals surface area contributed by atoms with Crippen molar-refractivity contribution in [3.63, 3.8) is 0 Å². The van der Waals surface area contributed by atoms with Crippen LogP contribution in [-0.2, 0) is 7.05 Å². The second-order valence-corrected chi connectivity index (χ2v) is 7.09. The van der Waals surface area contributed by atoms with Crippen LogP contribution in [0.2, 0.25) is 10.0 Å². The second kappa shape index (κ2) is 5.27. The van der Waals surface area contributed by atoms with E-state index in [4.69, 9.17) is 28.3 Å². The molecule has 0 fully saturated rings. The molecule has 5 heteroatoms. The molecule has 0 atom stereocenters. The lowest BCUT2D eigenvalue weighted by Crippen LogP contribution is -1.94. The number of halogens is 2. The Kier molecular flexibility index (Phi) is 3.41. The third kappa shape index (κ3) is 2.08. The van der Waals surface area contributed by atoms with Gasteiger partial charge in [-0.2, -0.15) is 5.10 Å². The van der Waals surface area contributed by atoms with E-state index in [1.807, 2.05) is 22.8 Å². The Morgan fingerprint density at radius 2 is 1.67 bits per heavy atom. The molecular weight excluding hydrogens is 341 g/mol. The standard InChI is InChI=1S/C19H17Cl2N3/c1-10-18-11(2)23(4)12(3)19(18)17-7-13(9-24(17)22-10)15-8-14(20)5-6-16(15)21/h5-9H,1-4H3. The molecule has 0 spiro atoms. The molecule has 0 aliphatic rings. The fraction of sp³-hybridized carbons (Fsp3) is 0.211. The Balaban J connectivity index is 2.11. The molecule has 1 aromatic carbocycles. The van der Waals surface area contributed by atoms with Crippen LogP contribution in [0.15, 0.2) is 30.5 Å². The molecule has 4 aromatic rings. The maximum atomic E-state index is 6.38. The average Bonchev–Trinajstić information content (AvgIpc) is 3.05. The van der Waals surface area contributed by atoms with Gasteiger partial charge in [0, 0.05) is 56.6 Å². The van der Waals surface area contributed by atoms with E-state index < -0.39 is 0 Å². The van der Waals surface area contributed by atoms with Crippen LogP contribution in [-0.4, -0.2) is 14.2 Å². The minimum Gasteiger partial charge on any atom is -0.351 e. The molecule has 0 unspecified atom stereocenters. The number of aromatic nitrogens is 3. The van der Waals surface area contributed by atoms with Crippen molar-refractivity contribution in [2.24, 2.45) is 7.05 Å². The van der Waals surface area contributed by atoms with E-state index in [1.165, 1.54) is 22.2 Å². The lowest BCUT2D eigenvalue weighted by atomic mass is 10.1. The number of fused-ring (bicyclic) bond motifs is 3. The third-order valence-electron chi connectivity index (χ3n) is 4.90. The normalized spacial score (nSPS) is 11.8. The molecule has 0 saturated heterocycles. The van der Waals surface area contributed by atoms with Gasteiger partial charge in [0.2, 0.25) is 0 Å². The van der Waals surface area contributed by atoms with E-state index in [-0.39, 0.29) is 0 Å². The fourth-order valence-corrected chi connectivity index (χ4v) is 3.90. The van der Waals surface area contributed by atoms with Gasteiger partial charge in [-0.3, -0.25) is 0 Å². The molecule has 0 amide bonds. The Hall–Kier alpha value is -1.97. The highest BCUT2D eigenvalue weighted by Gasteiger charge is 2.17. The minimum atomic E-state index is 0.672. The van der Waals surface area contributed by atoms with Gasteiger partial charge in [-0.05, 0) is 45.0 Å². The van der Waals surface area contributed by atoms with Gasteiger partial charge in [-0.15, -0.1) is 0 Å². The van der Waals surface area contributed by atoms with E-state index in [9.17, 15) is 0 Å². The number of nitrogens with zero attached hydrogens (tertiary/aromatic N) is 3. The maximum Gasteiger partial charge on any atom is 0.0749 e. The molecule has 122 valence electrons. The summed E-state index contributed by atoms with van der Waals surface area (Å²) in [5.41, 5.74) is 6.52. The second-order valence-electron chi connectivity index (χ2n) is 6.25. The molecule has 0 radical (unpaired) electrons. The summed E-state index contributed by atoms with van der Waals surface area (Å²) in [6.07, 6.45) is 2.01. The van der Waals surface area contributed by atoms with Gasteiger partial charge in [0.05, 0.1) is 11.2 Å². The van der Waals surface area contributed by atoms with Gasteiger partial charge < -0.3 is 4.57 Å². The van der Waals surface area contributed by atoms with Gasteiger partial charge in [0.25, 0.3) is 0 Å². The van der Waals surface area contributed by atoms with Gasteiger partial charge in [-0.1, -0.05) is 23.2 Å². The SMILES string of the molecule is Cc1nn2cc(-c3cc(Cl)ccc3Cl)cc2c2c(C)n(C)c(C)c12. The summed E-state index contributed by atoms with van der Waals surface area (Å²) in [7, 11) is 2.10. The molecule has 4 rings (SSSR count). The molecule has 3 aromatic heterocycles. The predicted molar refractivity (Wildman–Crippen MR) is 101 cm³/mol. The van der Waals surface area contributed by atoms with Gasteiger partial charge in [0.1, 0.15) is 0 Å². The highest BCUT2D eigenvalue weighted by molar-refractivity contribution is 6.35. The highest BCUT2D eigenvalue weighted by Crippen LogP contribution is 2.36. The Labute approximate surface area is 150 Å². The van der Waals surface area contributed by atoms with E-state index in [0.29, 0.717) is 10.0 Å². The van der Waals surface area contributed by atoms with Crippen LogP contribution in [0.1, 0.15) is 17.1 Å².